The topological polar surface area (TPSA) is 37.3 Å². The zero-order chi connectivity index (χ0) is 8.77. The number of carbonyl (C=O) groups is 1. The quantitative estimate of drug-likeness (QED) is 0.637. The normalized spacial score (nSPS) is 43.8. The summed E-state index contributed by atoms with van der Waals surface area (Å²) in [5.41, 5.74) is -0.487. The summed E-state index contributed by atoms with van der Waals surface area (Å²) in [4.78, 5) is 11.1. The van der Waals surface area contributed by atoms with Crippen molar-refractivity contribution in [3.63, 3.8) is 0 Å². The number of fused-ring (bicyclic) bond motifs is 2. The van der Waals surface area contributed by atoms with Crippen molar-refractivity contribution in [2.75, 3.05) is 0 Å². The van der Waals surface area contributed by atoms with Gasteiger partial charge in [-0.05, 0) is 24.7 Å². The summed E-state index contributed by atoms with van der Waals surface area (Å²) < 4.78 is 0. The number of aliphatic carboxylic acids is 1. The zero-order valence-corrected chi connectivity index (χ0v) is 7.29. The Morgan fingerprint density at radius 1 is 1.75 bits per heavy atom. The van der Waals surface area contributed by atoms with Crippen LogP contribution >= 0.6 is 0 Å². The molecule has 3 unspecified atom stereocenters. The maximum absolute atomic E-state index is 11.1. The van der Waals surface area contributed by atoms with Crippen LogP contribution in [-0.2, 0) is 4.79 Å². The van der Waals surface area contributed by atoms with E-state index in [1.807, 2.05) is 6.08 Å². The highest BCUT2D eigenvalue weighted by Crippen LogP contribution is 2.54. The molecule has 2 aliphatic carbocycles. The van der Waals surface area contributed by atoms with Gasteiger partial charge in [0, 0.05) is 0 Å². The molecule has 0 amide bonds. The molecule has 0 spiro atoms. The molecule has 0 radical (unpaired) electrons. The van der Waals surface area contributed by atoms with Gasteiger partial charge in [0.05, 0.1) is 5.41 Å². The zero-order valence-electron chi connectivity index (χ0n) is 7.29. The minimum Gasteiger partial charge on any atom is -0.481 e. The van der Waals surface area contributed by atoms with Crippen LogP contribution in [0.5, 0.6) is 0 Å². The lowest BCUT2D eigenvalue weighted by atomic mass is 9.77. The van der Waals surface area contributed by atoms with Crippen LogP contribution in [0.2, 0.25) is 0 Å². The van der Waals surface area contributed by atoms with Gasteiger partial charge in [0.25, 0.3) is 0 Å². The van der Waals surface area contributed by atoms with Gasteiger partial charge in [0.1, 0.15) is 0 Å². The lowest BCUT2D eigenvalue weighted by molar-refractivity contribution is -0.147. The molecule has 0 aromatic rings. The maximum Gasteiger partial charge on any atom is 0.313 e. The summed E-state index contributed by atoms with van der Waals surface area (Å²) in [6.07, 6.45) is 6.94. The van der Waals surface area contributed by atoms with E-state index in [9.17, 15) is 4.79 Å². The Bertz CT molecular complexity index is 244. The van der Waals surface area contributed by atoms with Crippen molar-refractivity contribution in [1.82, 2.24) is 0 Å². The Morgan fingerprint density at radius 2 is 2.50 bits per heavy atom. The molecule has 1 saturated carbocycles. The van der Waals surface area contributed by atoms with E-state index in [0.717, 1.165) is 19.3 Å². The molecule has 12 heavy (non-hydrogen) atoms. The second-order valence-electron chi connectivity index (χ2n) is 4.01. The minimum absolute atomic E-state index is 0.380. The first kappa shape index (κ1) is 7.84. The second-order valence-corrected chi connectivity index (χ2v) is 4.01. The van der Waals surface area contributed by atoms with E-state index in [1.54, 1.807) is 0 Å². The van der Waals surface area contributed by atoms with Crippen LogP contribution in [0, 0.1) is 17.3 Å². The number of rotatable bonds is 2. The number of hydrogen-bond acceptors (Lipinski definition) is 1. The number of carboxylic acids is 1. The molecule has 2 heteroatoms. The van der Waals surface area contributed by atoms with Gasteiger partial charge < -0.3 is 5.11 Å². The van der Waals surface area contributed by atoms with Gasteiger partial charge >= 0.3 is 5.97 Å². The van der Waals surface area contributed by atoms with Crippen LogP contribution in [0.4, 0.5) is 0 Å². The highest BCUT2D eigenvalue weighted by Gasteiger charge is 2.52. The molecule has 2 aliphatic rings. The first-order valence-electron chi connectivity index (χ1n) is 4.62. The van der Waals surface area contributed by atoms with Crippen molar-refractivity contribution in [1.29, 1.82) is 0 Å². The summed E-state index contributed by atoms with van der Waals surface area (Å²) in [5, 5.41) is 9.14. The third-order valence-corrected chi connectivity index (χ3v) is 3.47. The van der Waals surface area contributed by atoms with Gasteiger partial charge in [0.15, 0.2) is 0 Å². The number of carboxylic acid groups (broad SMARTS) is 1. The molecule has 3 atom stereocenters. The molecule has 2 bridgehead atoms. The van der Waals surface area contributed by atoms with Crippen molar-refractivity contribution < 1.29 is 9.90 Å². The van der Waals surface area contributed by atoms with Crippen LogP contribution < -0.4 is 0 Å². The van der Waals surface area contributed by atoms with Crippen LogP contribution in [-0.4, -0.2) is 11.1 Å². The lowest BCUT2D eigenvalue weighted by Crippen LogP contribution is -2.31. The summed E-state index contributed by atoms with van der Waals surface area (Å²) in [6.45, 7) is 2.09. The third-order valence-electron chi connectivity index (χ3n) is 3.47. The van der Waals surface area contributed by atoms with Crippen molar-refractivity contribution in [3.8, 4) is 0 Å². The van der Waals surface area contributed by atoms with Crippen molar-refractivity contribution in [2.24, 2.45) is 17.3 Å². The van der Waals surface area contributed by atoms with Gasteiger partial charge in [-0.15, -0.1) is 0 Å². The second kappa shape index (κ2) is 2.35. The molecular formula is C10H14O2. The van der Waals surface area contributed by atoms with Gasteiger partial charge in [-0.3, -0.25) is 4.79 Å². The Labute approximate surface area is 72.3 Å². The van der Waals surface area contributed by atoms with E-state index in [1.165, 1.54) is 0 Å². The SMILES string of the molecule is CCC1CC2C=CC1(C(=O)O)C2. The van der Waals surface area contributed by atoms with E-state index in [-0.39, 0.29) is 0 Å². The van der Waals surface area contributed by atoms with Crippen molar-refractivity contribution in [2.45, 2.75) is 26.2 Å². The molecule has 1 N–H and O–H groups in total. The van der Waals surface area contributed by atoms with Crippen molar-refractivity contribution >= 4 is 5.97 Å². The van der Waals surface area contributed by atoms with Gasteiger partial charge in [-0.2, -0.15) is 0 Å². The fourth-order valence-corrected chi connectivity index (χ4v) is 2.78. The molecule has 2 nitrogen and oxygen atoms in total. The van der Waals surface area contributed by atoms with E-state index >= 15 is 0 Å². The molecular weight excluding hydrogens is 152 g/mol. The fraction of sp³-hybridized carbons (Fsp3) is 0.700. The van der Waals surface area contributed by atoms with E-state index < -0.39 is 11.4 Å². The first-order valence-corrected chi connectivity index (χ1v) is 4.62. The van der Waals surface area contributed by atoms with Crippen LogP contribution in [0.1, 0.15) is 26.2 Å². The third kappa shape index (κ3) is 0.780. The average Bonchev–Trinajstić information content (AvgIpc) is 2.60. The van der Waals surface area contributed by atoms with Crippen LogP contribution in [0.15, 0.2) is 12.2 Å². The predicted octanol–water partition coefficient (Wildman–Crippen LogP) is 2.06. The summed E-state index contributed by atoms with van der Waals surface area (Å²) in [6, 6.07) is 0. The summed E-state index contributed by atoms with van der Waals surface area (Å²) >= 11 is 0. The highest BCUT2D eigenvalue weighted by molar-refractivity contribution is 5.79. The average molecular weight is 166 g/mol. The van der Waals surface area contributed by atoms with Crippen LogP contribution in [0.3, 0.4) is 0 Å². The molecule has 0 saturated heterocycles. The largest absolute Gasteiger partial charge is 0.481 e. The van der Waals surface area contributed by atoms with Gasteiger partial charge in [0.2, 0.25) is 0 Å². The van der Waals surface area contributed by atoms with E-state index in [4.69, 9.17) is 5.11 Å². The maximum atomic E-state index is 11.1. The Morgan fingerprint density at radius 3 is 2.92 bits per heavy atom. The predicted molar refractivity (Wildman–Crippen MR) is 45.7 cm³/mol. The smallest absolute Gasteiger partial charge is 0.313 e. The Balaban J connectivity index is 2.33. The molecule has 66 valence electrons. The summed E-state index contributed by atoms with van der Waals surface area (Å²) in [5.74, 6) is 0.307. The molecule has 0 aromatic carbocycles. The highest BCUT2D eigenvalue weighted by atomic mass is 16.4. The monoisotopic (exact) mass is 166 g/mol. The number of hydrogen-bond donors (Lipinski definition) is 1. The molecule has 1 fully saturated rings. The molecule has 0 aromatic heterocycles. The van der Waals surface area contributed by atoms with E-state index in [2.05, 4.69) is 13.0 Å². The Kier molecular flexibility index (Phi) is 1.53. The number of allylic oxidation sites excluding steroid dienone is 1. The molecule has 0 heterocycles. The summed E-state index contributed by atoms with van der Waals surface area (Å²) in [7, 11) is 0. The first-order chi connectivity index (χ1) is 5.69. The minimum atomic E-state index is -0.620. The van der Waals surface area contributed by atoms with Gasteiger partial charge in [-0.1, -0.05) is 25.5 Å². The van der Waals surface area contributed by atoms with Crippen molar-refractivity contribution in [3.05, 3.63) is 12.2 Å². The lowest BCUT2D eigenvalue weighted by Gasteiger charge is -2.26. The fourth-order valence-electron chi connectivity index (χ4n) is 2.78. The van der Waals surface area contributed by atoms with E-state index in [0.29, 0.717) is 11.8 Å². The van der Waals surface area contributed by atoms with Crippen LogP contribution in [0.25, 0.3) is 0 Å². The van der Waals surface area contributed by atoms with Gasteiger partial charge in [-0.25, -0.2) is 0 Å². The Hall–Kier alpha value is -0.790. The molecule has 0 aliphatic heterocycles. The molecule has 2 rings (SSSR count). The standard InChI is InChI=1S/C10H14O2/c1-2-8-5-7-3-4-10(8,6-7)9(11)12/h3-4,7-8H,2,5-6H2,1H3,(H,11,12).